The van der Waals surface area contributed by atoms with Crippen LogP contribution in [-0.2, 0) is 6.54 Å². The lowest BCUT2D eigenvalue weighted by molar-refractivity contribution is 0.416. The topological polar surface area (TPSA) is 53.1 Å². The average molecular weight is 231 g/mol. The summed E-state index contributed by atoms with van der Waals surface area (Å²) in [5.41, 5.74) is 8.67. The van der Waals surface area contributed by atoms with E-state index in [1.165, 1.54) is 0 Å². The molecule has 90 valence electrons. The summed E-state index contributed by atoms with van der Waals surface area (Å²) in [7, 11) is 1.68. The van der Waals surface area contributed by atoms with Crippen LogP contribution in [0.15, 0.2) is 30.3 Å². The van der Waals surface area contributed by atoms with Crippen LogP contribution in [0.5, 0.6) is 5.75 Å². The number of hydrogen-bond acceptors (Lipinski definition) is 3. The third-order valence-corrected chi connectivity index (χ3v) is 2.63. The Kier molecular flexibility index (Phi) is 3.44. The number of hydrogen-bond donors (Lipinski definition) is 1. The summed E-state index contributed by atoms with van der Waals surface area (Å²) < 4.78 is 7.29. The normalized spacial score (nSPS) is 10.5. The van der Waals surface area contributed by atoms with Gasteiger partial charge in [0.1, 0.15) is 5.75 Å². The highest BCUT2D eigenvalue weighted by Crippen LogP contribution is 2.29. The molecule has 4 nitrogen and oxygen atoms in total. The number of benzene rings is 1. The minimum absolute atomic E-state index is 0.573. The molecule has 0 saturated carbocycles. The number of aryl methyl sites for hydroxylation is 1. The lowest BCUT2D eigenvalue weighted by Crippen LogP contribution is -2.12. The number of para-hydroxylation sites is 1. The van der Waals surface area contributed by atoms with E-state index >= 15 is 0 Å². The maximum atomic E-state index is 5.60. The molecule has 2 aromatic rings. The van der Waals surface area contributed by atoms with Crippen molar-refractivity contribution in [3.63, 3.8) is 0 Å². The van der Waals surface area contributed by atoms with E-state index in [1.54, 1.807) is 7.11 Å². The Morgan fingerprint density at radius 3 is 2.82 bits per heavy atom. The summed E-state index contributed by atoms with van der Waals surface area (Å²) in [6.45, 7) is 3.26. The Labute approximate surface area is 101 Å². The van der Waals surface area contributed by atoms with Gasteiger partial charge >= 0.3 is 0 Å². The van der Waals surface area contributed by atoms with E-state index < -0.39 is 0 Å². The Hall–Kier alpha value is -1.81. The van der Waals surface area contributed by atoms with Crippen LogP contribution in [0.2, 0.25) is 0 Å². The van der Waals surface area contributed by atoms with Gasteiger partial charge in [0.2, 0.25) is 0 Å². The first-order valence-electron chi connectivity index (χ1n) is 5.64. The molecule has 0 bridgehead atoms. The smallest absolute Gasteiger partial charge is 0.128 e. The third-order valence-electron chi connectivity index (χ3n) is 2.63. The van der Waals surface area contributed by atoms with Crippen molar-refractivity contribution in [3.05, 3.63) is 36.0 Å². The van der Waals surface area contributed by atoms with Crippen LogP contribution in [0.1, 0.15) is 5.69 Å². The number of ether oxygens (including phenoxy) is 1. The van der Waals surface area contributed by atoms with E-state index in [4.69, 9.17) is 10.5 Å². The highest BCUT2D eigenvalue weighted by molar-refractivity contribution is 5.67. The summed E-state index contributed by atoms with van der Waals surface area (Å²) in [6.07, 6.45) is 0. The van der Waals surface area contributed by atoms with E-state index in [9.17, 15) is 0 Å². The molecule has 0 amide bonds. The monoisotopic (exact) mass is 231 g/mol. The molecular weight excluding hydrogens is 214 g/mol. The maximum Gasteiger partial charge on any atom is 0.128 e. The van der Waals surface area contributed by atoms with Crippen LogP contribution in [0.4, 0.5) is 0 Å². The molecule has 0 aliphatic rings. The van der Waals surface area contributed by atoms with Gasteiger partial charge in [-0.2, -0.15) is 5.10 Å². The van der Waals surface area contributed by atoms with Crippen molar-refractivity contribution < 1.29 is 4.74 Å². The molecule has 0 spiro atoms. The van der Waals surface area contributed by atoms with Gasteiger partial charge in [-0.15, -0.1) is 0 Å². The summed E-state index contributed by atoms with van der Waals surface area (Å²) >= 11 is 0. The fourth-order valence-corrected chi connectivity index (χ4v) is 1.91. The molecule has 1 aromatic carbocycles. The van der Waals surface area contributed by atoms with Gasteiger partial charge in [0, 0.05) is 12.1 Å². The largest absolute Gasteiger partial charge is 0.496 e. The van der Waals surface area contributed by atoms with E-state index in [-0.39, 0.29) is 0 Å². The molecule has 17 heavy (non-hydrogen) atoms. The Morgan fingerprint density at radius 2 is 2.12 bits per heavy atom. The second-order valence-electron chi connectivity index (χ2n) is 3.88. The van der Waals surface area contributed by atoms with E-state index in [0.717, 1.165) is 22.7 Å². The molecule has 1 heterocycles. The lowest BCUT2D eigenvalue weighted by atomic mass is 10.1. The molecule has 0 saturated heterocycles. The number of nitrogens with two attached hydrogens (primary N) is 1. The first-order valence-corrected chi connectivity index (χ1v) is 5.64. The number of rotatable bonds is 4. The fraction of sp³-hybridized carbons (Fsp3) is 0.308. The van der Waals surface area contributed by atoms with Crippen molar-refractivity contribution in [2.75, 3.05) is 13.7 Å². The van der Waals surface area contributed by atoms with Crippen LogP contribution in [0.25, 0.3) is 11.3 Å². The Balaban J connectivity index is 2.51. The molecule has 0 unspecified atom stereocenters. The first-order chi connectivity index (χ1) is 8.26. The van der Waals surface area contributed by atoms with Gasteiger partial charge < -0.3 is 10.5 Å². The highest BCUT2D eigenvalue weighted by Gasteiger charge is 2.11. The summed E-state index contributed by atoms with van der Waals surface area (Å²) in [6, 6.07) is 9.98. The van der Waals surface area contributed by atoms with Gasteiger partial charge in [0.15, 0.2) is 0 Å². The molecule has 2 rings (SSSR count). The number of aromatic nitrogens is 2. The summed E-state index contributed by atoms with van der Waals surface area (Å²) in [5, 5.41) is 4.43. The zero-order chi connectivity index (χ0) is 12.3. The highest BCUT2D eigenvalue weighted by atomic mass is 16.5. The molecule has 4 heteroatoms. The fourth-order valence-electron chi connectivity index (χ4n) is 1.91. The Bertz CT molecular complexity index is 505. The van der Waals surface area contributed by atoms with E-state index in [0.29, 0.717) is 13.1 Å². The molecule has 0 aliphatic heterocycles. The predicted octanol–water partition coefficient (Wildman–Crippen LogP) is 1.83. The van der Waals surface area contributed by atoms with Gasteiger partial charge in [-0.3, -0.25) is 4.68 Å². The van der Waals surface area contributed by atoms with Gasteiger partial charge in [-0.05, 0) is 25.1 Å². The van der Waals surface area contributed by atoms with Crippen molar-refractivity contribution in [3.8, 4) is 17.0 Å². The van der Waals surface area contributed by atoms with Gasteiger partial charge in [0.25, 0.3) is 0 Å². The summed E-state index contributed by atoms with van der Waals surface area (Å²) in [5.74, 6) is 0.852. The van der Waals surface area contributed by atoms with Crippen molar-refractivity contribution in [2.24, 2.45) is 5.73 Å². The molecule has 0 radical (unpaired) electrons. The van der Waals surface area contributed by atoms with Crippen molar-refractivity contribution in [2.45, 2.75) is 13.5 Å². The van der Waals surface area contributed by atoms with Crippen LogP contribution in [0, 0.1) is 6.92 Å². The number of nitrogens with zero attached hydrogens (tertiary/aromatic N) is 2. The van der Waals surface area contributed by atoms with Gasteiger partial charge in [-0.1, -0.05) is 12.1 Å². The third kappa shape index (κ3) is 2.31. The van der Waals surface area contributed by atoms with Crippen LogP contribution >= 0.6 is 0 Å². The predicted molar refractivity (Wildman–Crippen MR) is 68.0 cm³/mol. The number of methoxy groups -OCH3 is 1. The van der Waals surface area contributed by atoms with Crippen LogP contribution in [-0.4, -0.2) is 23.4 Å². The first kappa shape index (κ1) is 11.7. The van der Waals surface area contributed by atoms with Gasteiger partial charge in [0.05, 0.1) is 25.0 Å². The summed E-state index contributed by atoms with van der Waals surface area (Å²) in [4.78, 5) is 0. The maximum absolute atomic E-state index is 5.60. The van der Waals surface area contributed by atoms with E-state index in [1.807, 2.05) is 41.9 Å². The molecule has 1 aromatic heterocycles. The quantitative estimate of drug-likeness (QED) is 0.873. The molecular formula is C13H17N3O. The Morgan fingerprint density at radius 1 is 1.35 bits per heavy atom. The van der Waals surface area contributed by atoms with Crippen LogP contribution < -0.4 is 10.5 Å². The van der Waals surface area contributed by atoms with Gasteiger partial charge in [-0.25, -0.2) is 0 Å². The second kappa shape index (κ2) is 5.01. The lowest BCUT2D eigenvalue weighted by Gasteiger charge is -2.10. The van der Waals surface area contributed by atoms with Crippen molar-refractivity contribution in [1.82, 2.24) is 9.78 Å². The van der Waals surface area contributed by atoms with Crippen molar-refractivity contribution >= 4 is 0 Å². The SMILES string of the molecule is COc1ccccc1-c1cc(C)nn1CCN. The molecule has 2 N–H and O–H groups in total. The van der Waals surface area contributed by atoms with E-state index in [2.05, 4.69) is 5.10 Å². The molecule has 0 aliphatic carbocycles. The minimum atomic E-state index is 0.573. The van der Waals surface area contributed by atoms with Crippen molar-refractivity contribution in [1.29, 1.82) is 0 Å². The zero-order valence-corrected chi connectivity index (χ0v) is 10.2. The molecule has 0 atom stereocenters. The van der Waals surface area contributed by atoms with Crippen LogP contribution in [0.3, 0.4) is 0 Å². The minimum Gasteiger partial charge on any atom is -0.496 e. The zero-order valence-electron chi connectivity index (χ0n) is 10.2. The molecule has 0 fully saturated rings. The standard InChI is InChI=1S/C13H17N3O/c1-10-9-12(16(15-10)8-7-14)11-5-3-4-6-13(11)17-2/h3-6,9H,7-8,14H2,1-2H3. The second-order valence-corrected chi connectivity index (χ2v) is 3.88. The average Bonchev–Trinajstić information content (AvgIpc) is 2.71.